The van der Waals surface area contributed by atoms with Gasteiger partial charge in [0.25, 0.3) is 0 Å². The van der Waals surface area contributed by atoms with Crippen molar-refractivity contribution in [1.29, 1.82) is 0 Å². The lowest BCUT2D eigenvalue weighted by atomic mass is 9.56. The molecule has 2 fully saturated rings. The van der Waals surface area contributed by atoms with Crippen LogP contribution < -0.4 is 0 Å². The van der Waals surface area contributed by atoms with E-state index in [1.54, 1.807) is 0 Å². The topological polar surface area (TPSA) is 79.3 Å². The lowest BCUT2D eigenvalue weighted by Crippen LogP contribution is -2.52. The Labute approximate surface area is 130 Å². The molecule has 0 spiro atoms. The number of hydrogen-bond donors (Lipinski definition) is 2. The molecule has 1 heterocycles. The van der Waals surface area contributed by atoms with Crippen molar-refractivity contribution >= 4 is 5.97 Å². The quantitative estimate of drug-likeness (QED) is 0.467. The monoisotopic (exact) mass is 308 g/mol. The van der Waals surface area contributed by atoms with E-state index in [4.69, 9.17) is 9.47 Å². The number of hydrogen-bond acceptors (Lipinski definition) is 5. The highest BCUT2D eigenvalue weighted by atomic mass is 16.7. The third kappa shape index (κ3) is 1.85. The maximum Gasteiger partial charge on any atom is 0.303 e. The number of carbonyl (C=O) groups is 1. The second-order valence-corrected chi connectivity index (χ2v) is 6.95. The summed E-state index contributed by atoms with van der Waals surface area (Å²) >= 11 is 0. The fourth-order valence-electron chi connectivity index (χ4n) is 4.33. The largest absolute Gasteiger partial charge is 0.455 e. The van der Waals surface area contributed by atoms with E-state index in [1.807, 2.05) is 13.0 Å². The van der Waals surface area contributed by atoms with Crippen LogP contribution in [0.4, 0.5) is 0 Å². The molecular formula is C17H24O5. The Kier molecular flexibility index (Phi) is 3.51. The van der Waals surface area contributed by atoms with Gasteiger partial charge in [-0.3, -0.25) is 4.79 Å². The van der Waals surface area contributed by atoms with E-state index in [1.165, 1.54) is 12.5 Å². The number of aliphatic hydroxyl groups is 2. The fourth-order valence-corrected chi connectivity index (χ4v) is 4.33. The second kappa shape index (κ2) is 4.91. The maximum atomic E-state index is 11.4. The summed E-state index contributed by atoms with van der Waals surface area (Å²) in [5.74, 6) is -0.349. The minimum atomic E-state index is -0.857. The summed E-state index contributed by atoms with van der Waals surface area (Å²) in [6.07, 6.45) is 2.26. The van der Waals surface area contributed by atoms with Gasteiger partial charge in [-0.15, -0.1) is 0 Å². The molecule has 1 aliphatic heterocycles. The van der Waals surface area contributed by atoms with Gasteiger partial charge in [0, 0.05) is 12.3 Å². The van der Waals surface area contributed by atoms with Gasteiger partial charge in [0.05, 0.1) is 12.7 Å². The summed E-state index contributed by atoms with van der Waals surface area (Å²) in [5.41, 5.74) is 0.504. The molecule has 3 aliphatic rings. The Hall–Kier alpha value is -1.17. The smallest absolute Gasteiger partial charge is 0.303 e. The standard InChI is InChI=1S/C17H24O5/c1-9(8-18)17-14(21-11(3)19)7-12-5-6-13(20)10(2)16(12,4)15(17)22-17/h7,10,13-15,18,20H,1,5-6,8H2,2-4H3/t10-,13+,14-,15+,16+,17-/m0/s1. The summed E-state index contributed by atoms with van der Waals surface area (Å²) in [7, 11) is 0. The van der Waals surface area contributed by atoms with Crippen LogP contribution in [0.3, 0.4) is 0 Å². The number of esters is 1. The van der Waals surface area contributed by atoms with E-state index >= 15 is 0 Å². The van der Waals surface area contributed by atoms with Crippen LogP contribution in [-0.4, -0.2) is 46.7 Å². The number of ether oxygens (including phenoxy) is 2. The third-order valence-corrected chi connectivity index (χ3v) is 5.93. The van der Waals surface area contributed by atoms with Gasteiger partial charge in [-0.1, -0.05) is 26.0 Å². The molecule has 5 heteroatoms. The van der Waals surface area contributed by atoms with Crippen LogP contribution in [0.2, 0.25) is 0 Å². The van der Waals surface area contributed by atoms with E-state index < -0.39 is 11.7 Å². The highest BCUT2D eigenvalue weighted by Gasteiger charge is 2.74. The van der Waals surface area contributed by atoms with Crippen molar-refractivity contribution in [3.63, 3.8) is 0 Å². The molecule has 0 aromatic carbocycles. The molecule has 0 amide bonds. The average molecular weight is 308 g/mol. The molecule has 1 saturated heterocycles. The van der Waals surface area contributed by atoms with Gasteiger partial charge < -0.3 is 19.7 Å². The SMILES string of the molecule is C=C(CO)[C@@]12O[C@@H]1[C@@]1(C)C(=C[C@@H]2OC(C)=O)CC[C@@H](O)[C@@H]1C. The number of aliphatic hydroxyl groups excluding tert-OH is 2. The molecule has 0 bridgehead atoms. The van der Waals surface area contributed by atoms with Crippen molar-refractivity contribution in [3.05, 3.63) is 23.8 Å². The van der Waals surface area contributed by atoms with Crippen LogP contribution in [0.25, 0.3) is 0 Å². The summed E-state index contributed by atoms with van der Waals surface area (Å²) in [4.78, 5) is 11.4. The molecule has 5 nitrogen and oxygen atoms in total. The first-order valence-electron chi connectivity index (χ1n) is 7.81. The zero-order chi connectivity index (χ0) is 16.3. The van der Waals surface area contributed by atoms with Crippen LogP contribution in [-0.2, 0) is 14.3 Å². The molecule has 3 rings (SSSR count). The van der Waals surface area contributed by atoms with Crippen molar-refractivity contribution < 1.29 is 24.5 Å². The first-order valence-corrected chi connectivity index (χ1v) is 7.81. The van der Waals surface area contributed by atoms with Crippen LogP contribution in [0.5, 0.6) is 0 Å². The van der Waals surface area contributed by atoms with E-state index in [2.05, 4.69) is 13.5 Å². The fraction of sp³-hybridized carbons (Fsp3) is 0.706. The summed E-state index contributed by atoms with van der Waals surface area (Å²) in [6.45, 7) is 9.19. The van der Waals surface area contributed by atoms with Gasteiger partial charge in [0.1, 0.15) is 6.10 Å². The molecule has 0 unspecified atom stereocenters. The summed E-state index contributed by atoms with van der Waals surface area (Å²) in [6, 6.07) is 0. The van der Waals surface area contributed by atoms with Gasteiger partial charge in [-0.25, -0.2) is 0 Å². The highest BCUT2D eigenvalue weighted by Crippen LogP contribution is 2.65. The van der Waals surface area contributed by atoms with E-state index in [-0.39, 0.29) is 36.1 Å². The highest BCUT2D eigenvalue weighted by molar-refractivity contribution is 5.67. The first-order chi connectivity index (χ1) is 10.3. The number of carbonyl (C=O) groups excluding carboxylic acids is 1. The Morgan fingerprint density at radius 1 is 1.59 bits per heavy atom. The molecule has 6 atom stereocenters. The first kappa shape index (κ1) is 15.7. The van der Waals surface area contributed by atoms with E-state index in [9.17, 15) is 15.0 Å². The molecule has 0 radical (unpaired) electrons. The Morgan fingerprint density at radius 3 is 2.86 bits per heavy atom. The van der Waals surface area contributed by atoms with Crippen molar-refractivity contribution in [3.8, 4) is 0 Å². The van der Waals surface area contributed by atoms with Crippen molar-refractivity contribution in [1.82, 2.24) is 0 Å². The predicted molar refractivity (Wildman–Crippen MR) is 80.0 cm³/mol. The molecule has 2 aliphatic carbocycles. The number of epoxide rings is 1. The average Bonchev–Trinajstić information content (AvgIpc) is 3.23. The van der Waals surface area contributed by atoms with Gasteiger partial charge in [-0.2, -0.15) is 0 Å². The molecule has 0 aromatic rings. The molecule has 0 aromatic heterocycles. The normalized spacial score (nSPS) is 46.1. The zero-order valence-electron chi connectivity index (χ0n) is 13.3. The molecule has 122 valence electrons. The number of fused-ring (bicyclic) bond motifs is 3. The Bertz CT molecular complexity index is 553. The van der Waals surface area contributed by atoms with Gasteiger partial charge in [0.2, 0.25) is 0 Å². The van der Waals surface area contributed by atoms with Crippen LogP contribution >= 0.6 is 0 Å². The van der Waals surface area contributed by atoms with E-state index in [0.29, 0.717) is 12.0 Å². The van der Waals surface area contributed by atoms with Crippen molar-refractivity contribution in [2.24, 2.45) is 11.3 Å². The lowest BCUT2D eigenvalue weighted by Gasteiger charge is -2.47. The van der Waals surface area contributed by atoms with E-state index in [0.717, 1.165) is 6.42 Å². The summed E-state index contributed by atoms with van der Waals surface area (Å²) < 4.78 is 11.5. The Balaban J connectivity index is 2.06. The third-order valence-electron chi connectivity index (χ3n) is 5.93. The maximum absolute atomic E-state index is 11.4. The minimum absolute atomic E-state index is 0.0316. The van der Waals surface area contributed by atoms with Crippen molar-refractivity contribution in [2.45, 2.75) is 57.5 Å². The minimum Gasteiger partial charge on any atom is -0.455 e. The number of rotatable bonds is 3. The predicted octanol–water partition coefficient (Wildman–Crippen LogP) is 1.34. The molecule has 1 saturated carbocycles. The Morgan fingerprint density at radius 2 is 2.27 bits per heavy atom. The van der Waals surface area contributed by atoms with Crippen molar-refractivity contribution in [2.75, 3.05) is 6.61 Å². The zero-order valence-corrected chi connectivity index (χ0v) is 13.3. The van der Waals surface area contributed by atoms with Crippen LogP contribution in [0.1, 0.15) is 33.6 Å². The lowest BCUT2D eigenvalue weighted by molar-refractivity contribution is -0.146. The van der Waals surface area contributed by atoms with Crippen LogP contribution in [0, 0.1) is 11.3 Å². The van der Waals surface area contributed by atoms with Gasteiger partial charge in [-0.05, 0) is 30.4 Å². The summed E-state index contributed by atoms with van der Waals surface area (Å²) in [5, 5.41) is 19.8. The van der Waals surface area contributed by atoms with Crippen LogP contribution in [0.15, 0.2) is 23.8 Å². The van der Waals surface area contributed by atoms with Gasteiger partial charge >= 0.3 is 5.97 Å². The van der Waals surface area contributed by atoms with Gasteiger partial charge in [0.15, 0.2) is 11.7 Å². The second-order valence-electron chi connectivity index (χ2n) is 6.95. The molecule has 2 N–H and O–H groups in total. The molecule has 22 heavy (non-hydrogen) atoms. The molecular weight excluding hydrogens is 284 g/mol.